The van der Waals surface area contributed by atoms with E-state index >= 15 is 0 Å². The fourth-order valence-electron chi connectivity index (χ4n) is 2.84. The minimum atomic E-state index is -1.18. The average molecular weight is 465 g/mol. The van der Waals surface area contributed by atoms with Crippen molar-refractivity contribution in [3.63, 3.8) is 0 Å². The van der Waals surface area contributed by atoms with Gasteiger partial charge in [0, 0.05) is 18.8 Å². The van der Waals surface area contributed by atoms with E-state index in [1.165, 1.54) is 26.2 Å². The van der Waals surface area contributed by atoms with Crippen molar-refractivity contribution in [3.8, 4) is 18.1 Å². The summed E-state index contributed by atoms with van der Waals surface area (Å²) in [5.74, 6) is -0.220. The van der Waals surface area contributed by atoms with Crippen molar-refractivity contribution in [1.29, 1.82) is 0 Å². The fourth-order valence-corrected chi connectivity index (χ4v) is 3.72. The summed E-state index contributed by atoms with van der Waals surface area (Å²) in [5.41, 5.74) is 6.12. The third-order valence-electron chi connectivity index (χ3n) is 4.37. The number of aryl methyl sites for hydroxylation is 1. The molecule has 0 fully saturated rings. The lowest BCUT2D eigenvalue weighted by Crippen LogP contribution is -2.31. The van der Waals surface area contributed by atoms with Gasteiger partial charge >= 0.3 is 0 Å². The number of amidine groups is 1. The second kappa shape index (κ2) is 10.9. The number of alkyl halides is 1. The van der Waals surface area contributed by atoms with Crippen LogP contribution in [0.2, 0.25) is 0 Å². The van der Waals surface area contributed by atoms with Crippen molar-refractivity contribution in [1.82, 2.24) is 4.98 Å². The summed E-state index contributed by atoms with van der Waals surface area (Å²) in [6.45, 7) is 2.36. The Balaban J connectivity index is 2.27. The maximum absolute atomic E-state index is 14.4. The largest absolute Gasteiger partial charge is 0.479 e. The molecule has 32 heavy (non-hydrogen) atoms. The normalized spacial score (nSPS) is 13.2. The number of aliphatic imine (C=N–C) groups is 1. The van der Waals surface area contributed by atoms with E-state index in [1.54, 1.807) is 13.0 Å². The quantitative estimate of drug-likeness (QED) is 0.352. The average Bonchev–Trinajstić information content (AvgIpc) is 2.75. The van der Waals surface area contributed by atoms with Gasteiger partial charge in [-0.25, -0.2) is 18.2 Å². The summed E-state index contributed by atoms with van der Waals surface area (Å²) in [5, 5.41) is 2.61. The molecule has 1 heterocycles. The van der Waals surface area contributed by atoms with Gasteiger partial charge in [-0.05, 0) is 43.5 Å². The molecule has 0 bridgehead atoms. The van der Waals surface area contributed by atoms with Crippen LogP contribution < -0.4 is 15.8 Å². The first-order chi connectivity index (χ1) is 15.1. The molecule has 0 saturated heterocycles. The van der Waals surface area contributed by atoms with E-state index in [4.69, 9.17) is 16.9 Å². The molecule has 1 aromatic heterocycles. The SMILES string of the molecule is C#CCOc1cnc(C(=O)Nc2cc(F)c(F)c(C[C@](C)(CF)S/C(N)=N\C)c2)c(C)c1. The van der Waals surface area contributed by atoms with E-state index in [9.17, 15) is 18.0 Å². The predicted molar refractivity (Wildman–Crippen MR) is 121 cm³/mol. The molecular formula is C22H23F3N4O2S. The van der Waals surface area contributed by atoms with Gasteiger partial charge in [0.25, 0.3) is 5.91 Å². The molecule has 1 atom stereocenters. The highest BCUT2D eigenvalue weighted by Gasteiger charge is 2.30. The van der Waals surface area contributed by atoms with Crippen molar-refractivity contribution < 1.29 is 22.7 Å². The molecule has 170 valence electrons. The van der Waals surface area contributed by atoms with Crippen LogP contribution in [-0.4, -0.2) is 41.1 Å². The minimum absolute atomic E-state index is 0.00102. The zero-order valence-electron chi connectivity index (χ0n) is 17.8. The highest BCUT2D eigenvalue weighted by molar-refractivity contribution is 8.15. The summed E-state index contributed by atoms with van der Waals surface area (Å²) in [4.78, 5) is 20.4. The number of nitrogens with two attached hydrogens (primary N) is 1. The Kier molecular flexibility index (Phi) is 8.55. The molecule has 3 N–H and O–H groups in total. The van der Waals surface area contributed by atoms with Crippen LogP contribution in [0.3, 0.4) is 0 Å². The van der Waals surface area contributed by atoms with Crippen molar-refractivity contribution >= 4 is 28.5 Å². The molecule has 0 aliphatic rings. The zero-order valence-corrected chi connectivity index (χ0v) is 18.7. The third kappa shape index (κ3) is 6.40. The molecule has 2 aromatic rings. The van der Waals surface area contributed by atoms with Gasteiger partial charge in [-0.3, -0.25) is 9.79 Å². The molecule has 0 radical (unpaired) electrons. The number of hydrogen-bond acceptors (Lipinski definition) is 5. The third-order valence-corrected chi connectivity index (χ3v) is 5.51. The number of aromatic nitrogens is 1. The Hall–Kier alpha value is -3.19. The smallest absolute Gasteiger partial charge is 0.274 e. The number of ether oxygens (including phenoxy) is 1. The maximum atomic E-state index is 14.4. The number of carbonyl (C=O) groups excluding carboxylic acids is 1. The fraction of sp³-hybridized carbons (Fsp3) is 0.318. The summed E-state index contributed by atoms with van der Waals surface area (Å²) in [6, 6.07) is 3.68. The van der Waals surface area contributed by atoms with Crippen molar-refractivity contribution in [2.45, 2.75) is 25.0 Å². The molecule has 1 amide bonds. The van der Waals surface area contributed by atoms with Crippen molar-refractivity contribution in [2.75, 3.05) is 25.6 Å². The van der Waals surface area contributed by atoms with E-state index in [1.807, 2.05) is 0 Å². The molecule has 1 aromatic carbocycles. The molecular weight excluding hydrogens is 441 g/mol. The number of nitrogens with one attached hydrogen (secondary N) is 1. The predicted octanol–water partition coefficient (Wildman–Crippen LogP) is 3.88. The van der Waals surface area contributed by atoms with Crippen LogP contribution in [0.1, 0.15) is 28.5 Å². The summed E-state index contributed by atoms with van der Waals surface area (Å²) in [6.07, 6.45) is 6.29. The van der Waals surface area contributed by atoms with E-state index < -0.39 is 29.0 Å². The lowest BCUT2D eigenvalue weighted by molar-refractivity contribution is 0.102. The lowest BCUT2D eigenvalue weighted by Gasteiger charge is -2.25. The van der Waals surface area contributed by atoms with Crippen molar-refractivity contribution in [2.24, 2.45) is 10.7 Å². The summed E-state index contributed by atoms with van der Waals surface area (Å²) >= 11 is 0.924. The molecule has 6 nitrogen and oxygen atoms in total. The Morgan fingerprint density at radius 3 is 2.72 bits per heavy atom. The van der Waals surface area contributed by atoms with Crippen LogP contribution in [-0.2, 0) is 6.42 Å². The molecule has 0 spiro atoms. The van der Waals surface area contributed by atoms with Gasteiger partial charge < -0.3 is 15.8 Å². The number of hydrogen-bond donors (Lipinski definition) is 2. The van der Waals surface area contributed by atoms with Crippen LogP contribution in [0.5, 0.6) is 5.75 Å². The molecule has 0 aliphatic heterocycles. The number of terminal acetylenes is 1. The van der Waals surface area contributed by atoms with Gasteiger partial charge in [0.05, 0.1) is 10.9 Å². The Labute approximate surface area is 188 Å². The highest BCUT2D eigenvalue weighted by atomic mass is 32.2. The Morgan fingerprint density at radius 1 is 1.41 bits per heavy atom. The second-order valence-corrected chi connectivity index (χ2v) is 8.75. The molecule has 2 rings (SSSR count). The van der Waals surface area contributed by atoms with Gasteiger partial charge in [0.1, 0.15) is 24.7 Å². The standard InChI is InChI=1S/C22H23F3N4O2S/c1-5-6-31-16-7-13(2)19(28-11-16)20(30)29-15-8-14(18(25)17(24)9-15)10-22(3,12-23)32-21(26)27-4/h1,7-9,11H,6,10,12H2,2-4H3,(H2,26,27)(H,29,30)/t22-/m1/s1. The van der Waals surface area contributed by atoms with Crippen LogP contribution in [0.25, 0.3) is 0 Å². The zero-order chi connectivity index (χ0) is 23.9. The number of benzene rings is 1. The van der Waals surface area contributed by atoms with Gasteiger partial charge in [-0.15, -0.1) is 6.42 Å². The first-order valence-corrected chi connectivity index (χ1v) is 10.2. The number of thioether (sulfide) groups is 1. The Bertz CT molecular complexity index is 1070. The number of rotatable bonds is 8. The summed E-state index contributed by atoms with van der Waals surface area (Å²) in [7, 11) is 1.45. The highest BCUT2D eigenvalue weighted by Crippen LogP contribution is 2.32. The van der Waals surface area contributed by atoms with Gasteiger partial charge in [-0.1, -0.05) is 17.7 Å². The number of amides is 1. The monoisotopic (exact) mass is 464 g/mol. The van der Waals surface area contributed by atoms with E-state index in [0.29, 0.717) is 11.3 Å². The molecule has 0 unspecified atom stereocenters. The van der Waals surface area contributed by atoms with Gasteiger partial charge in [0.15, 0.2) is 16.8 Å². The maximum Gasteiger partial charge on any atom is 0.274 e. The summed E-state index contributed by atoms with van der Waals surface area (Å²) < 4.78 is 46.4. The number of anilines is 1. The first kappa shape index (κ1) is 25.1. The minimum Gasteiger partial charge on any atom is -0.479 e. The molecule has 0 saturated carbocycles. The van der Waals surface area contributed by atoms with Crippen LogP contribution in [0.15, 0.2) is 29.4 Å². The Morgan fingerprint density at radius 2 is 2.12 bits per heavy atom. The van der Waals surface area contributed by atoms with Crippen LogP contribution in [0, 0.1) is 30.9 Å². The first-order valence-electron chi connectivity index (χ1n) is 9.42. The number of halogens is 3. The molecule has 10 heteroatoms. The lowest BCUT2D eigenvalue weighted by atomic mass is 10.00. The van der Waals surface area contributed by atoms with E-state index in [-0.39, 0.29) is 35.1 Å². The number of pyridine rings is 1. The van der Waals surface area contributed by atoms with Gasteiger partial charge in [0.2, 0.25) is 0 Å². The van der Waals surface area contributed by atoms with E-state index in [2.05, 4.69) is 21.2 Å². The number of nitrogens with zero attached hydrogens (tertiary/aromatic N) is 2. The van der Waals surface area contributed by atoms with Crippen LogP contribution in [0.4, 0.5) is 18.9 Å². The van der Waals surface area contributed by atoms with Crippen LogP contribution >= 0.6 is 11.8 Å². The number of carbonyl (C=O) groups is 1. The molecule has 0 aliphatic carbocycles. The van der Waals surface area contributed by atoms with E-state index in [0.717, 1.165) is 17.8 Å². The van der Waals surface area contributed by atoms with Crippen molar-refractivity contribution in [3.05, 3.63) is 52.9 Å². The topological polar surface area (TPSA) is 89.6 Å². The second-order valence-electron chi connectivity index (χ2n) is 7.14. The van der Waals surface area contributed by atoms with Gasteiger partial charge in [-0.2, -0.15) is 0 Å².